The van der Waals surface area contributed by atoms with Crippen LogP contribution >= 0.6 is 0 Å². The zero-order chi connectivity index (χ0) is 28.2. The van der Waals surface area contributed by atoms with Crippen molar-refractivity contribution in [3.63, 3.8) is 0 Å². The van der Waals surface area contributed by atoms with Crippen LogP contribution in [0.4, 0.5) is 11.4 Å². The normalized spacial score (nSPS) is 19.2. The second-order valence-corrected chi connectivity index (χ2v) is 10.2. The summed E-state index contributed by atoms with van der Waals surface area (Å²) in [4.78, 5) is 20.0. The number of aryl methyl sites for hydroxylation is 1. The Labute approximate surface area is 236 Å². The number of benzene rings is 2. The van der Waals surface area contributed by atoms with Gasteiger partial charge in [0, 0.05) is 46.5 Å². The lowest BCUT2D eigenvalue weighted by Crippen LogP contribution is -2.38. The summed E-state index contributed by atoms with van der Waals surface area (Å²) in [6.45, 7) is 15.8. The highest BCUT2D eigenvalue weighted by molar-refractivity contribution is 6.03. The molecule has 7 heteroatoms. The van der Waals surface area contributed by atoms with Gasteiger partial charge in [-0.15, -0.1) is 0 Å². The first kappa shape index (κ1) is 26.8. The van der Waals surface area contributed by atoms with Gasteiger partial charge in [0.2, 0.25) is 5.91 Å². The molecule has 2 aliphatic rings. The number of amides is 1. The van der Waals surface area contributed by atoms with Crippen LogP contribution < -0.4 is 25.6 Å². The summed E-state index contributed by atoms with van der Waals surface area (Å²) in [6.07, 6.45) is 6.22. The summed E-state index contributed by atoms with van der Waals surface area (Å²) < 4.78 is 5.97. The number of anilines is 2. The summed E-state index contributed by atoms with van der Waals surface area (Å²) in [6, 6.07) is 19.8. The predicted octanol–water partition coefficient (Wildman–Crippen LogP) is 6.45. The number of carbonyl (C=O) groups excluding carboxylic acids is 1. The lowest BCUT2D eigenvalue weighted by molar-refractivity contribution is -0.118. The molecule has 1 saturated carbocycles. The predicted molar refractivity (Wildman–Crippen MR) is 161 cm³/mol. The number of hydrogen-bond acceptors (Lipinski definition) is 6. The second-order valence-electron chi connectivity index (χ2n) is 10.2. The summed E-state index contributed by atoms with van der Waals surface area (Å²) >= 11 is 0. The molecule has 1 fully saturated rings. The Balaban J connectivity index is 1.38. The summed E-state index contributed by atoms with van der Waals surface area (Å²) in [5.41, 5.74) is 5.64. The van der Waals surface area contributed by atoms with Gasteiger partial charge in [-0.1, -0.05) is 37.9 Å². The van der Waals surface area contributed by atoms with E-state index in [0.29, 0.717) is 11.4 Å². The molecular weight excluding hydrogens is 498 g/mol. The maximum absolute atomic E-state index is 13.4. The van der Waals surface area contributed by atoms with Gasteiger partial charge in [-0.2, -0.15) is 0 Å². The summed E-state index contributed by atoms with van der Waals surface area (Å²) in [5.74, 6) is 2.06. The number of carbonyl (C=O) groups is 1. The molecule has 40 heavy (non-hydrogen) atoms. The highest BCUT2D eigenvalue weighted by Crippen LogP contribution is 2.41. The van der Waals surface area contributed by atoms with Crippen LogP contribution in [0.1, 0.15) is 37.4 Å². The quantitative estimate of drug-likeness (QED) is 0.228. The van der Waals surface area contributed by atoms with Crippen LogP contribution in [0.5, 0.6) is 11.5 Å². The third kappa shape index (κ3) is 5.64. The van der Waals surface area contributed by atoms with E-state index in [4.69, 9.17) is 4.74 Å². The molecular formula is C33H35N5O2. The van der Waals surface area contributed by atoms with Crippen molar-refractivity contribution in [3.8, 4) is 11.5 Å². The molecule has 0 spiro atoms. The number of para-hydroxylation sites is 1. The minimum absolute atomic E-state index is 0.0903. The first-order valence-corrected chi connectivity index (χ1v) is 13.5. The van der Waals surface area contributed by atoms with Crippen molar-refractivity contribution in [2.45, 2.75) is 45.2 Å². The van der Waals surface area contributed by atoms with Gasteiger partial charge in [0.05, 0.1) is 11.4 Å². The third-order valence-corrected chi connectivity index (χ3v) is 7.34. The lowest BCUT2D eigenvalue weighted by Gasteiger charge is -2.36. The standard InChI is InChI=1S/C33H35N5O2/c1-6-21(2)35-25-12-13-26(20-25)37-33(39)22(3)32-31-23(4)34-19-18-30(31)38(24(5)36-32)27-14-16-29(17-15-27)40-28-10-8-7-9-11-28/h6-11,14-19,25-26,35-36H,1-2,5,12-13,20H2,3-4H3,(H,37,39)/b32-22-/t25-,26+/m0/s1. The molecule has 1 aliphatic heterocycles. The fourth-order valence-corrected chi connectivity index (χ4v) is 5.29. The molecule has 7 nitrogen and oxygen atoms in total. The SMILES string of the molecule is C=CC(=C)N[C@H]1CC[C@@H](NC(=O)/C(C)=C2\NC(=C)N(c3ccc(Oc4ccccc4)cc3)c3ccnc(C)c32)C1. The van der Waals surface area contributed by atoms with Crippen molar-refractivity contribution >= 4 is 23.0 Å². The molecule has 1 aromatic heterocycles. The first-order valence-electron chi connectivity index (χ1n) is 13.5. The van der Waals surface area contributed by atoms with Crippen LogP contribution in [0.25, 0.3) is 5.70 Å². The van der Waals surface area contributed by atoms with Crippen molar-refractivity contribution < 1.29 is 9.53 Å². The number of allylic oxidation sites excluding steroid dienone is 1. The lowest BCUT2D eigenvalue weighted by atomic mass is 9.99. The molecule has 0 saturated heterocycles. The van der Waals surface area contributed by atoms with Crippen LogP contribution in [0.15, 0.2) is 110 Å². The average Bonchev–Trinajstić information content (AvgIpc) is 3.39. The molecule has 0 bridgehead atoms. The number of aromatic nitrogens is 1. The van der Waals surface area contributed by atoms with Crippen LogP contribution in [-0.2, 0) is 4.79 Å². The molecule has 5 rings (SSSR count). The number of fused-ring (bicyclic) bond motifs is 1. The topological polar surface area (TPSA) is 78.5 Å². The number of nitrogens with one attached hydrogen (secondary N) is 3. The van der Waals surface area contributed by atoms with E-state index in [1.165, 1.54) is 0 Å². The summed E-state index contributed by atoms with van der Waals surface area (Å²) in [7, 11) is 0. The van der Waals surface area contributed by atoms with Gasteiger partial charge in [-0.3, -0.25) is 14.7 Å². The third-order valence-electron chi connectivity index (χ3n) is 7.34. The van der Waals surface area contributed by atoms with Crippen LogP contribution in [0.2, 0.25) is 0 Å². The van der Waals surface area contributed by atoms with E-state index in [2.05, 4.69) is 40.7 Å². The largest absolute Gasteiger partial charge is 0.457 e. The minimum atomic E-state index is -0.103. The van der Waals surface area contributed by atoms with Gasteiger partial charge < -0.3 is 20.7 Å². The van der Waals surface area contributed by atoms with Gasteiger partial charge in [-0.25, -0.2) is 0 Å². The maximum Gasteiger partial charge on any atom is 0.249 e. The van der Waals surface area contributed by atoms with Gasteiger partial charge in [-0.05, 0) is 81.7 Å². The molecule has 1 aliphatic carbocycles. The van der Waals surface area contributed by atoms with Gasteiger partial charge in [0.15, 0.2) is 0 Å². The Bertz CT molecular complexity index is 1480. The van der Waals surface area contributed by atoms with E-state index >= 15 is 0 Å². The molecule has 2 atom stereocenters. The van der Waals surface area contributed by atoms with Crippen LogP contribution in [0, 0.1) is 6.92 Å². The Morgan fingerprint density at radius 1 is 1.05 bits per heavy atom. The first-order chi connectivity index (χ1) is 19.3. The molecule has 2 heterocycles. The zero-order valence-electron chi connectivity index (χ0n) is 23.0. The van der Waals surface area contributed by atoms with E-state index in [0.717, 1.165) is 64.8 Å². The van der Waals surface area contributed by atoms with Crippen molar-refractivity contribution in [2.24, 2.45) is 0 Å². The van der Waals surface area contributed by atoms with Gasteiger partial charge >= 0.3 is 0 Å². The Kier molecular flexibility index (Phi) is 7.73. The molecule has 3 aromatic rings. The van der Waals surface area contributed by atoms with Gasteiger partial charge in [0.25, 0.3) is 0 Å². The van der Waals surface area contributed by atoms with E-state index in [-0.39, 0.29) is 18.0 Å². The van der Waals surface area contributed by atoms with Gasteiger partial charge in [0.1, 0.15) is 17.3 Å². The molecule has 0 radical (unpaired) electrons. The van der Waals surface area contributed by atoms with Crippen molar-refractivity contribution in [1.29, 1.82) is 0 Å². The fourth-order valence-electron chi connectivity index (χ4n) is 5.29. The fraction of sp³-hybridized carbons (Fsp3) is 0.212. The zero-order valence-corrected chi connectivity index (χ0v) is 23.0. The van der Waals surface area contributed by atoms with Crippen LogP contribution in [0.3, 0.4) is 0 Å². The van der Waals surface area contributed by atoms with E-state index in [1.54, 1.807) is 12.3 Å². The average molecular weight is 534 g/mol. The Morgan fingerprint density at radius 2 is 1.73 bits per heavy atom. The van der Waals surface area contributed by atoms with Crippen molar-refractivity contribution in [3.05, 3.63) is 121 Å². The molecule has 3 N–H and O–H groups in total. The maximum atomic E-state index is 13.4. The monoisotopic (exact) mass is 533 g/mol. The number of nitrogens with zero attached hydrogens (tertiary/aromatic N) is 2. The Morgan fingerprint density at radius 3 is 2.42 bits per heavy atom. The molecule has 2 aromatic carbocycles. The van der Waals surface area contributed by atoms with Crippen molar-refractivity contribution in [2.75, 3.05) is 4.90 Å². The van der Waals surface area contributed by atoms with E-state index in [1.807, 2.05) is 79.4 Å². The molecule has 204 valence electrons. The van der Waals surface area contributed by atoms with E-state index in [9.17, 15) is 4.79 Å². The molecule has 0 unspecified atom stereocenters. The highest BCUT2D eigenvalue weighted by atomic mass is 16.5. The van der Waals surface area contributed by atoms with Crippen molar-refractivity contribution in [1.82, 2.24) is 20.9 Å². The molecule has 1 amide bonds. The minimum Gasteiger partial charge on any atom is -0.457 e. The highest BCUT2D eigenvalue weighted by Gasteiger charge is 2.31. The number of hydrogen-bond donors (Lipinski definition) is 3. The number of rotatable bonds is 8. The second kappa shape index (κ2) is 11.5. The Hall–Kier alpha value is -4.78. The smallest absolute Gasteiger partial charge is 0.249 e. The summed E-state index contributed by atoms with van der Waals surface area (Å²) in [5, 5.41) is 9.99. The van der Waals surface area contributed by atoms with E-state index < -0.39 is 0 Å². The van der Waals surface area contributed by atoms with Crippen LogP contribution in [-0.4, -0.2) is 23.0 Å². The number of ether oxygens (including phenoxy) is 1. The number of pyridine rings is 1.